The molecule has 1 atom stereocenters. The normalized spacial score (nSPS) is 13.7. The topological polar surface area (TPSA) is 44.7 Å². The Morgan fingerprint density at radius 3 is 2.45 bits per heavy atom. The van der Waals surface area contributed by atoms with Gasteiger partial charge in [0.25, 0.3) is 0 Å². The van der Waals surface area contributed by atoms with E-state index in [4.69, 9.17) is 4.74 Å². The van der Waals surface area contributed by atoms with Crippen LogP contribution >= 0.6 is 0 Å². The molecule has 0 aliphatic heterocycles. The third kappa shape index (κ3) is 6.39. The second-order valence-corrected chi connectivity index (χ2v) is 7.34. The van der Waals surface area contributed by atoms with E-state index in [1.54, 1.807) is 6.21 Å². The fourth-order valence-corrected chi connectivity index (χ4v) is 1.84. The van der Waals surface area contributed by atoms with Gasteiger partial charge in [-0.15, -0.1) is 0 Å². The van der Waals surface area contributed by atoms with Crippen LogP contribution in [0.15, 0.2) is 28.7 Å². The second-order valence-electron chi connectivity index (χ2n) is 5.41. The van der Waals surface area contributed by atoms with E-state index in [1.807, 2.05) is 45.0 Å². The minimum Gasteiger partial charge on any atom is -0.591 e. The molecule has 20 heavy (non-hydrogen) atoms. The lowest BCUT2D eigenvalue weighted by atomic mass is 10.2. The van der Waals surface area contributed by atoms with Crippen molar-refractivity contribution in [3.8, 4) is 5.75 Å². The summed E-state index contributed by atoms with van der Waals surface area (Å²) in [6, 6.07) is 7.37. The van der Waals surface area contributed by atoms with Crippen LogP contribution in [0.1, 0.15) is 39.2 Å². The van der Waals surface area contributed by atoms with Gasteiger partial charge < -0.3 is 9.29 Å². The van der Waals surface area contributed by atoms with E-state index < -0.39 is 11.4 Å². The Kier molecular flexibility index (Phi) is 7.02. The summed E-state index contributed by atoms with van der Waals surface area (Å²) in [5, 5.41) is 0. The number of hydrogen-bond donors (Lipinski definition) is 0. The zero-order valence-corrected chi connectivity index (χ0v) is 13.1. The molecule has 0 fully saturated rings. The van der Waals surface area contributed by atoms with Gasteiger partial charge in [0.15, 0.2) is 0 Å². The van der Waals surface area contributed by atoms with Crippen molar-refractivity contribution in [1.29, 1.82) is 0 Å². The first kappa shape index (κ1) is 17.0. The molecule has 0 radical (unpaired) electrons. The second kappa shape index (κ2) is 8.27. The highest BCUT2D eigenvalue weighted by molar-refractivity contribution is 7.91. The Morgan fingerprint density at radius 2 is 1.90 bits per heavy atom. The number of halogens is 1. The molecule has 5 heteroatoms. The van der Waals surface area contributed by atoms with Crippen molar-refractivity contribution in [2.75, 3.05) is 13.3 Å². The lowest BCUT2D eigenvalue weighted by molar-refractivity contribution is 0.297. The van der Waals surface area contributed by atoms with Crippen molar-refractivity contribution < 1.29 is 13.7 Å². The summed E-state index contributed by atoms with van der Waals surface area (Å²) in [7, 11) is 0. The van der Waals surface area contributed by atoms with E-state index in [0.717, 1.165) is 11.3 Å². The van der Waals surface area contributed by atoms with Crippen molar-refractivity contribution >= 4 is 17.6 Å². The predicted molar refractivity (Wildman–Crippen MR) is 82.6 cm³/mol. The van der Waals surface area contributed by atoms with Crippen molar-refractivity contribution in [3.05, 3.63) is 29.8 Å². The van der Waals surface area contributed by atoms with Gasteiger partial charge in [-0.25, -0.2) is 0 Å². The van der Waals surface area contributed by atoms with Gasteiger partial charge >= 0.3 is 0 Å². The SMILES string of the molecule is CC(C)(C)[S+]([O-])N=Cc1ccc(OCCCCF)cc1. The predicted octanol–water partition coefficient (Wildman–Crippen LogP) is 3.70. The highest BCUT2D eigenvalue weighted by Gasteiger charge is 2.25. The van der Waals surface area contributed by atoms with Crippen LogP contribution in [0, 0.1) is 0 Å². The summed E-state index contributed by atoms with van der Waals surface area (Å²) in [6.07, 6.45) is 2.85. The fraction of sp³-hybridized carbons (Fsp3) is 0.533. The van der Waals surface area contributed by atoms with Crippen LogP contribution in [-0.2, 0) is 11.4 Å². The smallest absolute Gasteiger partial charge is 0.144 e. The van der Waals surface area contributed by atoms with Gasteiger partial charge in [-0.05, 0) is 63.4 Å². The van der Waals surface area contributed by atoms with Crippen LogP contribution in [0.25, 0.3) is 0 Å². The summed E-state index contributed by atoms with van der Waals surface area (Å²) in [6.45, 7) is 5.87. The molecule has 1 rings (SSSR count). The molecular formula is C15H22FNO2S. The van der Waals surface area contributed by atoms with Gasteiger partial charge in [0, 0.05) is 0 Å². The molecule has 0 saturated carbocycles. The van der Waals surface area contributed by atoms with Crippen LogP contribution in [-0.4, -0.2) is 28.8 Å². The Bertz CT molecular complexity index is 415. The molecule has 0 heterocycles. The van der Waals surface area contributed by atoms with Gasteiger partial charge in [0.05, 0.1) is 19.5 Å². The molecule has 0 saturated heterocycles. The first-order valence-corrected chi connectivity index (χ1v) is 7.79. The maximum absolute atomic E-state index is 11.9. The minimum atomic E-state index is -1.25. The Morgan fingerprint density at radius 1 is 1.25 bits per heavy atom. The van der Waals surface area contributed by atoms with Gasteiger partial charge in [-0.2, -0.15) is 0 Å². The van der Waals surface area contributed by atoms with E-state index >= 15 is 0 Å². The van der Waals surface area contributed by atoms with Gasteiger partial charge in [0.2, 0.25) is 0 Å². The summed E-state index contributed by atoms with van der Waals surface area (Å²) in [4.78, 5) is 0. The van der Waals surface area contributed by atoms with Gasteiger partial charge in [-0.1, -0.05) is 4.40 Å². The highest BCUT2D eigenvalue weighted by atomic mass is 32.2. The maximum Gasteiger partial charge on any atom is 0.144 e. The molecule has 0 amide bonds. The molecule has 1 aromatic rings. The van der Waals surface area contributed by atoms with E-state index in [2.05, 4.69) is 4.40 Å². The minimum absolute atomic E-state index is 0.302. The van der Waals surface area contributed by atoms with Crippen LogP contribution in [0.5, 0.6) is 5.75 Å². The number of unbranched alkanes of at least 4 members (excludes halogenated alkanes) is 1. The molecule has 0 spiro atoms. The average molecular weight is 299 g/mol. The van der Waals surface area contributed by atoms with Crippen LogP contribution in [0.3, 0.4) is 0 Å². The van der Waals surface area contributed by atoms with E-state index in [0.29, 0.717) is 19.4 Å². The molecule has 112 valence electrons. The third-order valence-electron chi connectivity index (χ3n) is 2.50. The number of ether oxygens (including phenoxy) is 1. The molecule has 1 aromatic carbocycles. The standard InChI is InChI=1S/C15H22FNO2S/c1-15(2,3)20(18)17-12-13-6-8-14(9-7-13)19-11-5-4-10-16/h6-9,12H,4-5,10-11H2,1-3H3. The van der Waals surface area contributed by atoms with Crippen molar-refractivity contribution in [3.63, 3.8) is 0 Å². The number of alkyl halides is 1. The third-order valence-corrected chi connectivity index (χ3v) is 3.84. The van der Waals surface area contributed by atoms with E-state index in [9.17, 15) is 8.94 Å². The van der Waals surface area contributed by atoms with Crippen LogP contribution in [0.4, 0.5) is 4.39 Å². The molecule has 1 unspecified atom stereocenters. The molecule has 3 nitrogen and oxygen atoms in total. The van der Waals surface area contributed by atoms with Crippen molar-refractivity contribution in [2.24, 2.45) is 4.40 Å². The fourth-order valence-electron chi connectivity index (χ4n) is 1.30. The Labute approximate surface area is 123 Å². The van der Waals surface area contributed by atoms with Crippen molar-refractivity contribution in [2.45, 2.75) is 38.4 Å². The first-order valence-electron chi connectivity index (χ1n) is 6.68. The van der Waals surface area contributed by atoms with Crippen LogP contribution < -0.4 is 4.74 Å². The summed E-state index contributed by atoms with van der Waals surface area (Å²) >= 11 is -1.25. The molecular weight excluding hydrogens is 277 g/mol. The zero-order chi connectivity index (χ0) is 15.0. The maximum atomic E-state index is 11.9. The quantitative estimate of drug-likeness (QED) is 0.438. The molecule has 0 aliphatic carbocycles. The summed E-state index contributed by atoms with van der Waals surface area (Å²) in [5.74, 6) is 0.748. The lowest BCUT2D eigenvalue weighted by Crippen LogP contribution is -2.25. The lowest BCUT2D eigenvalue weighted by Gasteiger charge is -2.17. The number of benzene rings is 1. The summed E-state index contributed by atoms with van der Waals surface area (Å²) in [5.41, 5.74) is 0.874. The molecule has 0 bridgehead atoms. The number of hydrogen-bond acceptors (Lipinski definition) is 3. The van der Waals surface area contributed by atoms with Gasteiger partial charge in [-0.3, -0.25) is 4.39 Å². The van der Waals surface area contributed by atoms with E-state index in [1.165, 1.54) is 0 Å². The van der Waals surface area contributed by atoms with E-state index in [-0.39, 0.29) is 11.4 Å². The summed E-state index contributed by atoms with van der Waals surface area (Å²) < 4.78 is 32.8. The monoisotopic (exact) mass is 299 g/mol. The Hall–Kier alpha value is -1.07. The number of nitrogens with zero attached hydrogens (tertiary/aromatic N) is 1. The Balaban J connectivity index is 2.48. The largest absolute Gasteiger partial charge is 0.591 e. The average Bonchev–Trinajstić information content (AvgIpc) is 2.41. The molecule has 0 N–H and O–H groups in total. The van der Waals surface area contributed by atoms with Gasteiger partial charge in [0.1, 0.15) is 21.9 Å². The highest BCUT2D eigenvalue weighted by Crippen LogP contribution is 2.17. The molecule has 0 aromatic heterocycles. The van der Waals surface area contributed by atoms with Crippen LogP contribution in [0.2, 0.25) is 0 Å². The zero-order valence-electron chi connectivity index (χ0n) is 12.3. The number of rotatable bonds is 7. The molecule has 0 aliphatic rings. The first-order chi connectivity index (χ1) is 9.43. The van der Waals surface area contributed by atoms with Crippen molar-refractivity contribution in [1.82, 2.24) is 0 Å².